The van der Waals surface area contributed by atoms with Gasteiger partial charge in [0.25, 0.3) is 5.91 Å². The summed E-state index contributed by atoms with van der Waals surface area (Å²) < 4.78 is 5.05. The van der Waals surface area contributed by atoms with E-state index < -0.39 is 0 Å². The lowest BCUT2D eigenvalue weighted by Gasteiger charge is -2.34. The topological polar surface area (TPSA) is 69.9 Å². The molecule has 1 saturated heterocycles. The normalized spacial score (nSPS) is 19.1. The summed E-state index contributed by atoms with van der Waals surface area (Å²) in [5.74, 6) is 2.19. The Kier molecular flexibility index (Phi) is 6.64. The number of hydrogen-bond acceptors (Lipinski definition) is 4. The first-order valence-electron chi connectivity index (χ1n) is 7.63. The van der Waals surface area contributed by atoms with Crippen LogP contribution in [0.3, 0.4) is 0 Å². The van der Waals surface area contributed by atoms with Gasteiger partial charge in [0.2, 0.25) is 0 Å². The number of furan rings is 1. The van der Waals surface area contributed by atoms with Crippen molar-refractivity contribution in [2.75, 3.05) is 39.0 Å². The molecule has 0 spiro atoms. The van der Waals surface area contributed by atoms with Crippen molar-refractivity contribution in [3.63, 3.8) is 0 Å². The first-order valence-corrected chi connectivity index (χ1v) is 8.68. The molecule has 0 radical (unpaired) electrons. The Hall–Kier alpha value is -1.63. The summed E-state index contributed by atoms with van der Waals surface area (Å²) in [4.78, 5) is 18.4. The summed E-state index contributed by atoms with van der Waals surface area (Å²) >= 11 is 2.03. The van der Waals surface area contributed by atoms with Crippen LogP contribution in [0, 0.1) is 0 Å². The predicted molar refractivity (Wildman–Crippen MR) is 90.5 cm³/mol. The summed E-state index contributed by atoms with van der Waals surface area (Å²) in [5, 5.41) is 6.79. The molecule has 0 bridgehead atoms. The van der Waals surface area contributed by atoms with Gasteiger partial charge in [0.1, 0.15) is 0 Å². The highest BCUT2D eigenvalue weighted by molar-refractivity contribution is 8.00. The molecule has 6 nitrogen and oxygen atoms in total. The van der Waals surface area contributed by atoms with Crippen LogP contribution in [0.2, 0.25) is 0 Å². The Morgan fingerprint density at radius 3 is 3.00 bits per heavy atom. The third kappa shape index (κ3) is 4.69. The van der Waals surface area contributed by atoms with Crippen molar-refractivity contribution in [3.8, 4) is 0 Å². The fraction of sp³-hybridized carbons (Fsp3) is 0.600. The molecule has 122 valence electrons. The Bertz CT molecular complexity index is 490. The highest BCUT2D eigenvalue weighted by atomic mass is 32.2. The molecule has 2 heterocycles. The van der Waals surface area contributed by atoms with Crippen LogP contribution in [0.4, 0.5) is 0 Å². The average molecular weight is 324 g/mol. The largest absolute Gasteiger partial charge is 0.459 e. The van der Waals surface area contributed by atoms with E-state index in [1.54, 1.807) is 19.2 Å². The predicted octanol–water partition coefficient (Wildman–Crippen LogP) is 1.41. The fourth-order valence-corrected chi connectivity index (χ4v) is 3.52. The van der Waals surface area contributed by atoms with Gasteiger partial charge in [0, 0.05) is 44.2 Å². The van der Waals surface area contributed by atoms with E-state index in [2.05, 4.69) is 27.4 Å². The van der Waals surface area contributed by atoms with Crippen LogP contribution in [-0.4, -0.2) is 61.0 Å². The van der Waals surface area contributed by atoms with Crippen LogP contribution in [0.5, 0.6) is 0 Å². The second-order valence-electron chi connectivity index (χ2n) is 5.05. The van der Waals surface area contributed by atoms with Crippen molar-refractivity contribution >= 4 is 23.6 Å². The molecular formula is C15H24N4O2S. The minimum atomic E-state index is -0.192. The summed E-state index contributed by atoms with van der Waals surface area (Å²) in [6.45, 7) is 5.43. The molecule has 1 aromatic rings. The van der Waals surface area contributed by atoms with Gasteiger partial charge in [-0.2, -0.15) is 11.8 Å². The Morgan fingerprint density at radius 1 is 1.50 bits per heavy atom. The van der Waals surface area contributed by atoms with Crippen molar-refractivity contribution in [3.05, 3.63) is 24.2 Å². The molecule has 1 aliphatic rings. The molecule has 1 aliphatic heterocycles. The minimum absolute atomic E-state index is 0.192. The zero-order valence-corrected chi connectivity index (χ0v) is 14.0. The number of nitrogens with zero attached hydrogens (tertiary/aromatic N) is 2. The number of amides is 1. The molecule has 1 amide bonds. The monoisotopic (exact) mass is 324 g/mol. The van der Waals surface area contributed by atoms with Gasteiger partial charge >= 0.3 is 0 Å². The summed E-state index contributed by atoms with van der Waals surface area (Å²) in [5.41, 5.74) is 0. The number of carbonyl (C=O) groups is 1. The van der Waals surface area contributed by atoms with E-state index in [-0.39, 0.29) is 5.91 Å². The zero-order valence-electron chi connectivity index (χ0n) is 13.2. The standard InChI is InChI=1S/C15H24N4O2S/c1-3-12-11-19(8-10-22-12)15(16-2)18-7-6-17-14(20)13-5-4-9-21-13/h4-5,9,12H,3,6-8,10-11H2,1-2H3,(H,16,18)(H,17,20). The molecule has 0 aromatic carbocycles. The number of nitrogens with one attached hydrogen (secondary N) is 2. The molecule has 1 fully saturated rings. The Balaban J connectivity index is 1.71. The quantitative estimate of drug-likeness (QED) is 0.487. The zero-order chi connectivity index (χ0) is 15.8. The lowest BCUT2D eigenvalue weighted by atomic mass is 10.3. The lowest BCUT2D eigenvalue weighted by molar-refractivity contribution is 0.0926. The third-order valence-electron chi connectivity index (χ3n) is 3.54. The molecular weight excluding hydrogens is 300 g/mol. The highest BCUT2D eigenvalue weighted by Crippen LogP contribution is 2.20. The molecule has 0 saturated carbocycles. The van der Waals surface area contributed by atoms with Crippen LogP contribution in [0.25, 0.3) is 0 Å². The van der Waals surface area contributed by atoms with E-state index in [1.807, 2.05) is 11.8 Å². The van der Waals surface area contributed by atoms with E-state index in [1.165, 1.54) is 12.7 Å². The van der Waals surface area contributed by atoms with Crippen LogP contribution in [-0.2, 0) is 0 Å². The van der Waals surface area contributed by atoms with E-state index in [0.717, 1.165) is 24.8 Å². The number of aliphatic imine (C=N–C) groups is 1. The molecule has 1 unspecified atom stereocenters. The van der Waals surface area contributed by atoms with Crippen LogP contribution in [0.15, 0.2) is 27.8 Å². The average Bonchev–Trinajstić information content (AvgIpc) is 3.09. The van der Waals surface area contributed by atoms with Gasteiger partial charge in [-0.3, -0.25) is 9.79 Å². The number of carbonyl (C=O) groups excluding carboxylic acids is 1. The van der Waals surface area contributed by atoms with Crippen molar-refractivity contribution in [2.45, 2.75) is 18.6 Å². The summed E-state index contributed by atoms with van der Waals surface area (Å²) in [7, 11) is 1.80. The van der Waals surface area contributed by atoms with Gasteiger partial charge in [-0.05, 0) is 18.6 Å². The van der Waals surface area contributed by atoms with Gasteiger partial charge < -0.3 is 20.0 Å². The third-order valence-corrected chi connectivity index (χ3v) is 4.92. The Morgan fingerprint density at radius 2 is 2.32 bits per heavy atom. The molecule has 1 atom stereocenters. The van der Waals surface area contributed by atoms with Crippen LogP contribution >= 0.6 is 11.8 Å². The molecule has 22 heavy (non-hydrogen) atoms. The van der Waals surface area contributed by atoms with Crippen molar-refractivity contribution < 1.29 is 9.21 Å². The second-order valence-corrected chi connectivity index (χ2v) is 6.46. The first-order chi connectivity index (χ1) is 10.7. The lowest BCUT2D eigenvalue weighted by Crippen LogP contribution is -2.49. The van der Waals surface area contributed by atoms with Gasteiger partial charge in [-0.25, -0.2) is 0 Å². The maximum Gasteiger partial charge on any atom is 0.287 e. The van der Waals surface area contributed by atoms with E-state index >= 15 is 0 Å². The van der Waals surface area contributed by atoms with Crippen LogP contribution in [0.1, 0.15) is 23.9 Å². The SMILES string of the molecule is CCC1CN(C(=NC)NCCNC(=O)c2ccco2)CCS1. The van der Waals surface area contributed by atoms with E-state index in [9.17, 15) is 4.79 Å². The van der Waals surface area contributed by atoms with Gasteiger partial charge in [0.05, 0.1) is 6.26 Å². The minimum Gasteiger partial charge on any atom is -0.459 e. The molecule has 7 heteroatoms. The molecule has 2 N–H and O–H groups in total. The highest BCUT2D eigenvalue weighted by Gasteiger charge is 2.21. The van der Waals surface area contributed by atoms with Gasteiger partial charge in [-0.15, -0.1) is 0 Å². The molecule has 0 aliphatic carbocycles. The smallest absolute Gasteiger partial charge is 0.287 e. The number of thioether (sulfide) groups is 1. The number of rotatable bonds is 5. The van der Waals surface area contributed by atoms with Crippen LogP contribution < -0.4 is 10.6 Å². The van der Waals surface area contributed by atoms with Crippen molar-refractivity contribution in [2.24, 2.45) is 4.99 Å². The number of guanidine groups is 1. The second kappa shape index (κ2) is 8.73. The molecule has 2 rings (SSSR count). The molecule has 1 aromatic heterocycles. The van der Waals surface area contributed by atoms with Crippen molar-refractivity contribution in [1.29, 1.82) is 0 Å². The van der Waals surface area contributed by atoms with Gasteiger partial charge in [0.15, 0.2) is 11.7 Å². The van der Waals surface area contributed by atoms with Gasteiger partial charge in [-0.1, -0.05) is 6.92 Å². The van der Waals surface area contributed by atoms with Crippen molar-refractivity contribution in [1.82, 2.24) is 15.5 Å². The van der Waals surface area contributed by atoms with E-state index in [4.69, 9.17) is 4.42 Å². The fourth-order valence-electron chi connectivity index (χ4n) is 2.34. The summed E-state index contributed by atoms with van der Waals surface area (Å²) in [6, 6.07) is 3.35. The Labute approximate surface area is 135 Å². The maximum absolute atomic E-state index is 11.7. The maximum atomic E-state index is 11.7. The number of hydrogen-bond donors (Lipinski definition) is 2. The summed E-state index contributed by atoms with van der Waals surface area (Å²) in [6.07, 6.45) is 2.67. The first kappa shape index (κ1) is 16.7. The van der Waals surface area contributed by atoms with E-state index in [0.29, 0.717) is 24.1 Å².